The number of carbonyl (C=O) groups is 2. The maximum Gasteiger partial charge on any atom is 0.573 e. The molecular weight excluding hydrogens is 599 g/mol. The van der Waals surface area contributed by atoms with Crippen LogP contribution in [0.25, 0.3) is 11.1 Å². The van der Waals surface area contributed by atoms with Crippen molar-refractivity contribution in [3.63, 3.8) is 0 Å². The second-order valence-electron chi connectivity index (χ2n) is 11.8. The van der Waals surface area contributed by atoms with Crippen LogP contribution in [0.1, 0.15) is 59.3 Å². The molecule has 0 radical (unpaired) electrons. The van der Waals surface area contributed by atoms with Gasteiger partial charge in [-0.3, -0.25) is 14.5 Å². The predicted octanol–water partition coefficient (Wildman–Crippen LogP) is 5.60. The summed E-state index contributed by atoms with van der Waals surface area (Å²) in [5.74, 6) is 0.111. The largest absolute Gasteiger partial charge is 0.573 e. The summed E-state index contributed by atoms with van der Waals surface area (Å²) in [6.07, 6.45) is -3.60. The number of carbonyl (C=O) groups excluding carboxylic acids is 2. The SMILES string of the molecule is Cc1noc(C2CC2C(=O)NCc2ccc(-c3cccc(OC(F)(F)F)c3)c3c2CN(CC(=O)N[C@H](C)c2ccccc2)CC3)n1. The van der Waals surface area contributed by atoms with Crippen molar-refractivity contribution >= 4 is 11.8 Å². The number of ether oxygens (including phenoxy) is 1. The number of benzene rings is 3. The lowest BCUT2D eigenvalue weighted by Gasteiger charge is -2.32. The summed E-state index contributed by atoms with van der Waals surface area (Å²) < 4.78 is 48.3. The van der Waals surface area contributed by atoms with Gasteiger partial charge in [-0.1, -0.05) is 59.8 Å². The van der Waals surface area contributed by atoms with E-state index in [-0.39, 0.29) is 48.5 Å². The number of aryl methyl sites for hydroxylation is 1. The Labute approximate surface area is 264 Å². The Morgan fingerprint density at radius 3 is 2.63 bits per heavy atom. The van der Waals surface area contributed by atoms with Gasteiger partial charge in [0.25, 0.3) is 0 Å². The van der Waals surface area contributed by atoms with Crippen LogP contribution < -0.4 is 15.4 Å². The first-order chi connectivity index (χ1) is 22.0. The number of alkyl halides is 3. The summed E-state index contributed by atoms with van der Waals surface area (Å²) >= 11 is 0. The number of rotatable bonds is 10. The number of halogens is 3. The molecule has 3 aromatic carbocycles. The van der Waals surface area contributed by atoms with Gasteiger partial charge in [0.15, 0.2) is 5.82 Å². The molecule has 0 bridgehead atoms. The van der Waals surface area contributed by atoms with Crippen LogP contribution in [0.4, 0.5) is 13.2 Å². The Bertz CT molecular complexity index is 1730. The number of aromatic nitrogens is 2. The van der Waals surface area contributed by atoms with Crippen molar-refractivity contribution in [2.75, 3.05) is 13.1 Å². The summed E-state index contributed by atoms with van der Waals surface area (Å²) in [5.41, 5.74) is 5.17. The van der Waals surface area contributed by atoms with E-state index in [0.717, 1.165) is 27.8 Å². The van der Waals surface area contributed by atoms with E-state index in [1.54, 1.807) is 13.0 Å². The van der Waals surface area contributed by atoms with Gasteiger partial charge in [-0.2, -0.15) is 4.98 Å². The predicted molar refractivity (Wildman–Crippen MR) is 162 cm³/mol. The highest BCUT2D eigenvalue weighted by atomic mass is 19.4. The highest BCUT2D eigenvalue weighted by Crippen LogP contribution is 2.47. The van der Waals surface area contributed by atoms with Crippen LogP contribution in [0.15, 0.2) is 71.3 Å². The van der Waals surface area contributed by atoms with Gasteiger partial charge < -0.3 is 19.9 Å². The Kier molecular flexibility index (Phi) is 8.81. The van der Waals surface area contributed by atoms with E-state index in [4.69, 9.17) is 4.52 Å². The molecule has 6 rings (SSSR count). The Balaban J connectivity index is 1.20. The Hall–Kier alpha value is -4.71. The zero-order valence-electron chi connectivity index (χ0n) is 25.4. The first-order valence-corrected chi connectivity index (χ1v) is 15.2. The summed E-state index contributed by atoms with van der Waals surface area (Å²) in [6, 6.07) is 19.2. The lowest BCUT2D eigenvalue weighted by molar-refractivity contribution is -0.274. The average molecular weight is 634 g/mol. The van der Waals surface area contributed by atoms with Crippen molar-refractivity contribution in [3.05, 3.63) is 101 Å². The van der Waals surface area contributed by atoms with Gasteiger partial charge in [0, 0.05) is 19.6 Å². The molecule has 2 amide bonds. The van der Waals surface area contributed by atoms with Crippen molar-refractivity contribution in [3.8, 4) is 16.9 Å². The van der Waals surface area contributed by atoms with Crippen LogP contribution in [0, 0.1) is 12.8 Å². The van der Waals surface area contributed by atoms with Gasteiger partial charge in [0.1, 0.15) is 5.75 Å². The number of nitrogens with one attached hydrogen (secondary N) is 2. The van der Waals surface area contributed by atoms with Crippen LogP contribution >= 0.6 is 0 Å². The van der Waals surface area contributed by atoms with E-state index >= 15 is 0 Å². The second-order valence-corrected chi connectivity index (χ2v) is 11.8. The molecule has 12 heteroatoms. The van der Waals surface area contributed by atoms with Gasteiger partial charge >= 0.3 is 6.36 Å². The van der Waals surface area contributed by atoms with Crippen molar-refractivity contribution in [1.29, 1.82) is 0 Å². The van der Waals surface area contributed by atoms with Crippen LogP contribution in [0.5, 0.6) is 5.75 Å². The molecule has 1 saturated carbocycles. The topological polar surface area (TPSA) is 110 Å². The molecule has 2 aliphatic rings. The number of nitrogens with zero attached hydrogens (tertiary/aromatic N) is 3. The first-order valence-electron chi connectivity index (χ1n) is 15.2. The first kappa shape index (κ1) is 31.3. The van der Waals surface area contributed by atoms with E-state index in [0.29, 0.717) is 43.2 Å². The summed E-state index contributed by atoms with van der Waals surface area (Å²) in [7, 11) is 0. The molecule has 9 nitrogen and oxygen atoms in total. The van der Waals surface area contributed by atoms with Gasteiger partial charge in [0.2, 0.25) is 17.7 Å². The molecule has 1 aliphatic heterocycles. The standard InChI is InChI=1S/C34H34F3N5O4/c1-20(22-7-4-3-5-8-22)39-31(43)19-42-14-13-27-26(23-9-6-10-25(15-23)45-34(35,36)37)12-11-24(30(27)18-42)17-38-32(44)28-16-29(28)33-40-21(2)41-46-33/h3-12,15,20,28-29H,13-14,16-19H2,1-2H3,(H,38,44)(H,39,43)/t20-,28?,29?/m1/s1. The number of hydrogen-bond acceptors (Lipinski definition) is 7. The van der Waals surface area contributed by atoms with E-state index in [1.807, 2.05) is 54.3 Å². The van der Waals surface area contributed by atoms with Gasteiger partial charge in [-0.05, 0) is 72.2 Å². The molecule has 2 heterocycles. The Morgan fingerprint density at radius 1 is 1.09 bits per heavy atom. The third-order valence-electron chi connectivity index (χ3n) is 8.45. The molecule has 3 atom stereocenters. The smallest absolute Gasteiger partial charge is 0.406 e. The minimum atomic E-state index is -4.80. The van der Waals surface area contributed by atoms with E-state index in [9.17, 15) is 22.8 Å². The fourth-order valence-electron chi connectivity index (χ4n) is 6.08. The molecule has 1 aliphatic carbocycles. The molecule has 240 valence electrons. The molecule has 0 saturated heterocycles. The zero-order valence-corrected chi connectivity index (χ0v) is 25.4. The van der Waals surface area contributed by atoms with E-state index in [1.165, 1.54) is 18.2 Å². The highest BCUT2D eigenvalue weighted by Gasteiger charge is 2.47. The van der Waals surface area contributed by atoms with Crippen molar-refractivity contribution in [1.82, 2.24) is 25.7 Å². The van der Waals surface area contributed by atoms with Crippen molar-refractivity contribution < 1.29 is 32.0 Å². The maximum absolute atomic E-state index is 13.0. The third-order valence-corrected chi connectivity index (χ3v) is 8.45. The van der Waals surface area contributed by atoms with Crippen LogP contribution in [-0.4, -0.2) is 46.3 Å². The van der Waals surface area contributed by atoms with Crippen molar-refractivity contribution in [2.45, 2.75) is 58.1 Å². The lowest BCUT2D eigenvalue weighted by atomic mass is 9.87. The molecular formula is C34H34F3N5O4. The van der Waals surface area contributed by atoms with Crippen LogP contribution in [-0.2, 0) is 29.1 Å². The summed E-state index contributed by atoms with van der Waals surface area (Å²) in [6.45, 7) is 5.12. The van der Waals surface area contributed by atoms with Crippen LogP contribution in [0.2, 0.25) is 0 Å². The summed E-state index contributed by atoms with van der Waals surface area (Å²) in [5, 5.41) is 9.92. The van der Waals surface area contributed by atoms with Gasteiger partial charge in [0.05, 0.1) is 24.4 Å². The zero-order chi connectivity index (χ0) is 32.4. The Morgan fingerprint density at radius 2 is 1.89 bits per heavy atom. The monoisotopic (exact) mass is 633 g/mol. The maximum atomic E-state index is 13.0. The molecule has 2 N–H and O–H groups in total. The molecule has 1 aromatic heterocycles. The van der Waals surface area contributed by atoms with Crippen LogP contribution in [0.3, 0.4) is 0 Å². The quantitative estimate of drug-likeness (QED) is 0.234. The fourth-order valence-corrected chi connectivity index (χ4v) is 6.08. The van der Waals surface area contributed by atoms with Gasteiger partial charge in [-0.25, -0.2) is 0 Å². The molecule has 1 fully saturated rings. The lowest BCUT2D eigenvalue weighted by Crippen LogP contribution is -2.41. The number of fused-ring (bicyclic) bond motifs is 1. The number of hydrogen-bond donors (Lipinski definition) is 2. The molecule has 46 heavy (non-hydrogen) atoms. The molecule has 0 spiro atoms. The minimum absolute atomic E-state index is 0.101. The fraction of sp³-hybridized carbons (Fsp3) is 0.353. The molecule has 4 aromatic rings. The van der Waals surface area contributed by atoms with Gasteiger partial charge in [-0.15, -0.1) is 13.2 Å². The highest BCUT2D eigenvalue weighted by molar-refractivity contribution is 5.82. The van der Waals surface area contributed by atoms with E-state index in [2.05, 4.69) is 25.5 Å². The second kappa shape index (κ2) is 13.0. The number of amides is 2. The van der Waals surface area contributed by atoms with Crippen molar-refractivity contribution in [2.24, 2.45) is 5.92 Å². The third kappa shape index (κ3) is 7.39. The average Bonchev–Trinajstić information content (AvgIpc) is 3.71. The minimum Gasteiger partial charge on any atom is -0.406 e. The molecule has 2 unspecified atom stereocenters. The van der Waals surface area contributed by atoms with E-state index < -0.39 is 6.36 Å². The summed E-state index contributed by atoms with van der Waals surface area (Å²) in [4.78, 5) is 32.4. The normalized spacial score (nSPS) is 18.4.